The van der Waals surface area contributed by atoms with Gasteiger partial charge in [0.1, 0.15) is 16.6 Å². The molecule has 2 heterocycles. The number of aromatic nitrogens is 3. The van der Waals surface area contributed by atoms with Crippen LogP contribution in [0.3, 0.4) is 0 Å². The van der Waals surface area contributed by atoms with Crippen LogP contribution in [0.4, 0.5) is 10.6 Å². The van der Waals surface area contributed by atoms with Crippen molar-refractivity contribution in [3.8, 4) is 0 Å². The van der Waals surface area contributed by atoms with Crippen molar-refractivity contribution in [3.63, 3.8) is 0 Å². The monoisotopic (exact) mass is 398 g/mol. The van der Waals surface area contributed by atoms with Gasteiger partial charge < -0.3 is 4.74 Å². The predicted octanol–water partition coefficient (Wildman–Crippen LogP) is 5.20. The molecule has 6 nitrogen and oxygen atoms in total. The fourth-order valence-electron chi connectivity index (χ4n) is 3.13. The smallest absolute Gasteiger partial charge is 0.416 e. The zero-order chi connectivity index (χ0) is 19.9. The molecule has 1 saturated carbocycles. The summed E-state index contributed by atoms with van der Waals surface area (Å²) in [5, 5.41) is 4.83. The van der Waals surface area contributed by atoms with Gasteiger partial charge >= 0.3 is 6.09 Å². The third kappa shape index (κ3) is 3.97. The summed E-state index contributed by atoms with van der Waals surface area (Å²) >= 11 is 6.33. The molecule has 0 radical (unpaired) electrons. The average Bonchev–Trinajstić information content (AvgIpc) is 3.38. The van der Waals surface area contributed by atoms with Crippen molar-refractivity contribution >= 4 is 29.2 Å². The molecule has 1 amide bonds. The minimum absolute atomic E-state index is 0.325. The lowest BCUT2D eigenvalue weighted by Gasteiger charge is -2.27. The third-order valence-electron chi connectivity index (χ3n) is 4.54. The number of hydrogen-bond donors (Lipinski definition) is 0. The summed E-state index contributed by atoms with van der Waals surface area (Å²) in [5.74, 6) is 1.01. The highest BCUT2D eigenvalue weighted by Gasteiger charge is 2.31. The summed E-state index contributed by atoms with van der Waals surface area (Å²) in [6, 6.07) is 11.4. The quantitative estimate of drug-likeness (QED) is 0.566. The van der Waals surface area contributed by atoms with E-state index in [1.807, 2.05) is 57.3 Å². The van der Waals surface area contributed by atoms with E-state index < -0.39 is 11.7 Å². The molecule has 4 rings (SSSR count). The molecule has 2 aromatic heterocycles. The van der Waals surface area contributed by atoms with Gasteiger partial charge in [0.25, 0.3) is 0 Å². The minimum Gasteiger partial charge on any atom is -0.443 e. The molecule has 0 spiro atoms. The number of halogens is 1. The first-order valence-corrected chi connectivity index (χ1v) is 9.78. The molecule has 1 aliphatic rings. The molecule has 0 atom stereocenters. The van der Waals surface area contributed by atoms with Crippen molar-refractivity contribution in [2.75, 3.05) is 4.90 Å². The van der Waals surface area contributed by atoms with Gasteiger partial charge in [-0.3, -0.25) is 4.90 Å². The number of anilines is 1. The van der Waals surface area contributed by atoms with E-state index >= 15 is 0 Å². The van der Waals surface area contributed by atoms with Gasteiger partial charge in [0.05, 0.1) is 12.7 Å². The first-order valence-electron chi connectivity index (χ1n) is 9.40. The van der Waals surface area contributed by atoms with Crippen LogP contribution in [0.5, 0.6) is 0 Å². The Labute approximate surface area is 169 Å². The van der Waals surface area contributed by atoms with Crippen molar-refractivity contribution in [1.82, 2.24) is 14.6 Å². The summed E-state index contributed by atoms with van der Waals surface area (Å²) in [5.41, 5.74) is 2.13. The molecule has 28 heavy (non-hydrogen) atoms. The molecule has 7 heteroatoms. The SMILES string of the molecule is CC(C)(C)OC(=O)N(Cc1ccccc1)c1cc(Cl)nc2c(C3CC3)cnn12. The van der Waals surface area contributed by atoms with Crippen LogP contribution >= 0.6 is 11.6 Å². The van der Waals surface area contributed by atoms with Crippen LogP contribution < -0.4 is 4.90 Å². The second kappa shape index (κ2) is 7.09. The number of hydrogen-bond acceptors (Lipinski definition) is 4. The summed E-state index contributed by atoms with van der Waals surface area (Å²) in [6.45, 7) is 5.88. The summed E-state index contributed by atoms with van der Waals surface area (Å²) < 4.78 is 7.35. The van der Waals surface area contributed by atoms with Gasteiger partial charge in [-0.2, -0.15) is 9.61 Å². The minimum atomic E-state index is -0.620. The maximum Gasteiger partial charge on any atom is 0.416 e. The van der Waals surface area contributed by atoms with Gasteiger partial charge in [-0.25, -0.2) is 9.78 Å². The van der Waals surface area contributed by atoms with E-state index in [2.05, 4.69) is 10.1 Å². The summed E-state index contributed by atoms with van der Waals surface area (Å²) in [4.78, 5) is 19.1. The first kappa shape index (κ1) is 18.7. The van der Waals surface area contributed by atoms with Gasteiger partial charge in [-0.15, -0.1) is 0 Å². The van der Waals surface area contributed by atoms with Gasteiger partial charge in [0, 0.05) is 11.6 Å². The highest BCUT2D eigenvalue weighted by atomic mass is 35.5. The van der Waals surface area contributed by atoms with Crippen LogP contribution in [-0.2, 0) is 11.3 Å². The Morgan fingerprint density at radius 2 is 2.00 bits per heavy atom. The predicted molar refractivity (Wildman–Crippen MR) is 109 cm³/mol. The Morgan fingerprint density at radius 3 is 2.64 bits per heavy atom. The second-order valence-electron chi connectivity index (χ2n) is 8.10. The number of carbonyl (C=O) groups excluding carboxylic acids is 1. The first-order chi connectivity index (χ1) is 13.3. The van der Waals surface area contributed by atoms with Crippen molar-refractivity contribution < 1.29 is 9.53 Å². The molecule has 0 N–H and O–H groups in total. The number of rotatable bonds is 4. The molecule has 0 bridgehead atoms. The van der Waals surface area contributed by atoms with E-state index in [1.54, 1.807) is 15.5 Å². The lowest BCUT2D eigenvalue weighted by molar-refractivity contribution is 0.0575. The number of amides is 1. The lowest BCUT2D eigenvalue weighted by atomic mass is 10.2. The molecule has 0 saturated heterocycles. The molecule has 1 fully saturated rings. The van der Waals surface area contributed by atoms with Crippen LogP contribution in [0.2, 0.25) is 5.15 Å². The number of benzene rings is 1. The van der Waals surface area contributed by atoms with E-state index in [-0.39, 0.29) is 0 Å². The van der Waals surface area contributed by atoms with E-state index in [9.17, 15) is 4.79 Å². The zero-order valence-corrected chi connectivity index (χ0v) is 17.0. The van der Waals surface area contributed by atoms with Crippen LogP contribution in [0.15, 0.2) is 42.6 Å². The number of fused-ring (bicyclic) bond motifs is 1. The average molecular weight is 399 g/mol. The summed E-state index contributed by atoms with van der Waals surface area (Å²) in [7, 11) is 0. The third-order valence-corrected chi connectivity index (χ3v) is 4.73. The Morgan fingerprint density at radius 1 is 1.29 bits per heavy atom. The van der Waals surface area contributed by atoms with Gasteiger partial charge in [0.2, 0.25) is 0 Å². The standard InChI is InChI=1S/C21H23ClN4O2/c1-21(2,3)28-20(27)25(13-14-7-5-4-6-8-14)18-11-17(22)24-19-16(15-9-10-15)12-23-26(18)19/h4-8,11-12,15H,9-10,13H2,1-3H3. The number of nitrogens with zero attached hydrogens (tertiary/aromatic N) is 4. The van der Waals surface area contributed by atoms with Gasteiger partial charge in [-0.1, -0.05) is 41.9 Å². The molecular formula is C21H23ClN4O2. The van der Waals surface area contributed by atoms with Gasteiger partial charge in [0.15, 0.2) is 5.65 Å². The topological polar surface area (TPSA) is 59.7 Å². The van der Waals surface area contributed by atoms with Crippen LogP contribution in [0.1, 0.15) is 50.7 Å². The molecule has 146 valence electrons. The van der Waals surface area contributed by atoms with E-state index in [4.69, 9.17) is 16.3 Å². The van der Waals surface area contributed by atoms with Crippen LogP contribution in [0.25, 0.3) is 5.65 Å². The normalized spacial score (nSPS) is 14.3. The molecule has 1 aliphatic carbocycles. The van der Waals surface area contributed by atoms with Crippen LogP contribution in [-0.4, -0.2) is 26.3 Å². The van der Waals surface area contributed by atoms with Crippen molar-refractivity contribution in [2.24, 2.45) is 0 Å². The van der Waals surface area contributed by atoms with E-state index in [0.717, 1.165) is 24.0 Å². The van der Waals surface area contributed by atoms with Gasteiger partial charge in [-0.05, 0) is 45.1 Å². The van der Waals surface area contributed by atoms with Crippen molar-refractivity contribution in [1.29, 1.82) is 0 Å². The van der Waals surface area contributed by atoms with Crippen LogP contribution in [0, 0.1) is 0 Å². The largest absolute Gasteiger partial charge is 0.443 e. The fourth-order valence-corrected chi connectivity index (χ4v) is 3.31. The van der Waals surface area contributed by atoms with E-state index in [1.165, 1.54) is 0 Å². The zero-order valence-electron chi connectivity index (χ0n) is 16.2. The maximum atomic E-state index is 13.1. The number of carbonyl (C=O) groups is 1. The fraction of sp³-hybridized carbons (Fsp3) is 0.381. The maximum absolute atomic E-state index is 13.1. The molecule has 1 aromatic carbocycles. The van der Waals surface area contributed by atoms with E-state index in [0.29, 0.717) is 29.1 Å². The molecule has 0 unspecified atom stereocenters. The van der Waals surface area contributed by atoms with Crippen molar-refractivity contribution in [3.05, 3.63) is 58.9 Å². The highest BCUT2D eigenvalue weighted by molar-refractivity contribution is 6.29. The molecular weight excluding hydrogens is 376 g/mol. The highest BCUT2D eigenvalue weighted by Crippen LogP contribution is 2.42. The second-order valence-corrected chi connectivity index (χ2v) is 8.49. The Balaban J connectivity index is 1.80. The Bertz CT molecular complexity index is 1010. The number of ether oxygens (including phenoxy) is 1. The summed E-state index contributed by atoms with van der Waals surface area (Å²) in [6.07, 6.45) is 3.63. The Hall–Kier alpha value is -2.60. The van der Waals surface area contributed by atoms with Crippen molar-refractivity contribution in [2.45, 2.75) is 51.7 Å². The molecule has 0 aliphatic heterocycles. The Kier molecular flexibility index (Phi) is 4.75. The molecule has 3 aromatic rings. The lowest BCUT2D eigenvalue weighted by Crippen LogP contribution is -2.37.